The van der Waals surface area contributed by atoms with Gasteiger partial charge in [-0.3, -0.25) is 0 Å². The summed E-state index contributed by atoms with van der Waals surface area (Å²) >= 11 is 2.19. The topological polar surface area (TPSA) is 61.0 Å². The molecule has 1 aliphatic rings. The van der Waals surface area contributed by atoms with E-state index in [9.17, 15) is 0 Å². The van der Waals surface area contributed by atoms with Gasteiger partial charge >= 0.3 is 0 Å². The summed E-state index contributed by atoms with van der Waals surface area (Å²) in [6.07, 6.45) is 6.26. The lowest BCUT2D eigenvalue weighted by Crippen LogP contribution is -2.13. The van der Waals surface area contributed by atoms with Gasteiger partial charge in [0.15, 0.2) is 0 Å². The van der Waals surface area contributed by atoms with E-state index in [1.165, 1.54) is 32.1 Å². The predicted octanol–water partition coefficient (Wildman–Crippen LogP) is 2.86. The van der Waals surface area contributed by atoms with Crippen molar-refractivity contribution in [2.24, 2.45) is 0 Å². The summed E-state index contributed by atoms with van der Waals surface area (Å²) in [6.45, 7) is 0.505. The highest BCUT2D eigenvalue weighted by atomic mass is 127. The lowest BCUT2D eigenvalue weighted by molar-refractivity contribution is 0.180. The van der Waals surface area contributed by atoms with Gasteiger partial charge in [-0.05, 0) is 35.4 Å². The Kier molecular flexibility index (Phi) is 4.55. The van der Waals surface area contributed by atoms with E-state index in [-0.39, 0.29) is 0 Å². The van der Waals surface area contributed by atoms with Gasteiger partial charge in [0.25, 0.3) is 0 Å². The van der Waals surface area contributed by atoms with Crippen LogP contribution < -0.4 is 5.73 Å². The van der Waals surface area contributed by atoms with Gasteiger partial charge in [0.1, 0.15) is 11.6 Å². The molecule has 0 amide bonds. The first-order valence-electron chi connectivity index (χ1n) is 6.03. The Labute approximate surface area is 115 Å². The Morgan fingerprint density at radius 3 is 2.65 bits per heavy atom. The third kappa shape index (κ3) is 3.07. The number of rotatable bonds is 3. The number of nitrogen functional groups attached to an aromatic ring is 1. The molecule has 1 aliphatic carbocycles. The number of hydrogen-bond acceptors (Lipinski definition) is 4. The summed E-state index contributed by atoms with van der Waals surface area (Å²) in [6, 6.07) is 0. The molecule has 2 rings (SSSR count). The average Bonchev–Trinajstić information content (AvgIpc) is 2.36. The van der Waals surface area contributed by atoms with Crippen molar-refractivity contribution in [1.29, 1.82) is 0 Å². The molecule has 5 heteroatoms. The molecule has 1 aromatic heterocycles. The van der Waals surface area contributed by atoms with E-state index < -0.39 is 0 Å². The lowest BCUT2D eigenvalue weighted by Gasteiger charge is -2.21. The maximum Gasteiger partial charge on any atom is 0.141 e. The van der Waals surface area contributed by atoms with Crippen molar-refractivity contribution in [2.75, 3.05) is 12.8 Å². The minimum Gasteiger partial charge on any atom is -0.383 e. The van der Waals surface area contributed by atoms with Crippen LogP contribution in [0.15, 0.2) is 0 Å². The van der Waals surface area contributed by atoms with E-state index in [2.05, 4.69) is 32.6 Å². The Balaban J connectivity index is 2.27. The number of aromatic nitrogens is 2. The summed E-state index contributed by atoms with van der Waals surface area (Å²) in [7, 11) is 1.68. The molecule has 1 fully saturated rings. The molecule has 0 radical (unpaired) electrons. The average molecular weight is 347 g/mol. The number of nitrogens with two attached hydrogens (primary N) is 1. The molecule has 1 aromatic rings. The summed E-state index contributed by atoms with van der Waals surface area (Å²) in [5.41, 5.74) is 6.86. The van der Waals surface area contributed by atoms with Crippen molar-refractivity contribution in [2.45, 2.75) is 44.6 Å². The molecule has 94 valence electrons. The maximum absolute atomic E-state index is 5.94. The van der Waals surface area contributed by atoms with E-state index in [4.69, 9.17) is 10.5 Å². The highest BCUT2D eigenvalue weighted by Gasteiger charge is 2.20. The van der Waals surface area contributed by atoms with Crippen LogP contribution in [0.25, 0.3) is 0 Å². The fourth-order valence-electron chi connectivity index (χ4n) is 2.31. The number of nitrogens with zero attached hydrogens (tertiary/aromatic N) is 2. The van der Waals surface area contributed by atoms with Crippen LogP contribution in [0.1, 0.15) is 49.5 Å². The molecule has 0 saturated heterocycles. The molecular formula is C12H18IN3O. The number of anilines is 1. The molecule has 1 saturated carbocycles. The van der Waals surface area contributed by atoms with Crippen molar-refractivity contribution >= 4 is 28.4 Å². The quantitative estimate of drug-likeness (QED) is 0.855. The van der Waals surface area contributed by atoms with Crippen molar-refractivity contribution in [3.05, 3.63) is 15.1 Å². The van der Waals surface area contributed by atoms with E-state index in [0.29, 0.717) is 18.3 Å². The number of methoxy groups -OCH3 is 1. The normalized spacial score (nSPS) is 17.3. The molecule has 0 aliphatic heterocycles. The Morgan fingerprint density at radius 1 is 1.29 bits per heavy atom. The Morgan fingerprint density at radius 2 is 2.00 bits per heavy atom. The van der Waals surface area contributed by atoms with Gasteiger partial charge < -0.3 is 10.5 Å². The molecule has 1 heterocycles. The van der Waals surface area contributed by atoms with Gasteiger partial charge in [-0.2, -0.15) is 0 Å². The van der Waals surface area contributed by atoms with Crippen LogP contribution in [-0.2, 0) is 11.3 Å². The number of hydrogen-bond donors (Lipinski definition) is 1. The highest BCUT2D eigenvalue weighted by molar-refractivity contribution is 14.1. The second-order valence-electron chi connectivity index (χ2n) is 4.50. The highest BCUT2D eigenvalue weighted by Crippen LogP contribution is 2.32. The smallest absolute Gasteiger partial charge is 0.141 e. The zero-order chi connectivity index (χ0) is 12.3. The van der Waals surface area contributed by atoms with Crippen LogP contribution in [0, 0.1) is 3.57 Å². The molecule has 0 spiro atoms. The summed E-state index contributed by atoms with van der Waals surface area (Å²) < 4.78 is 6.08. The van der Waals surface area contributed by atoms with E-state index >= 15 is 0 Å². The van der Waals surface area contributed by atoms with E-state index in [1.54, 1.807) is 7.11 Å². The minimum atomic E-state index is 0.485. The van der Waals surface area contributed by atoms with Gasteiger partial charge in [-0.25, -0.2) is 9.97 Å². The number of ether oxygens (including phenoxy) is 1. The Hall–Kier alpha value is -0.430. The molecule has 0 bridgehead atoms. The first-order chi connectivity index (χ1) is 8.22. The van der Waals surface area contributed by atoms with Crippen LogP contribution in [0.3, 0.4) is 0 Å². The van der Waals surface area contributed by atoms with Crippen LogP contribution >= 0.6 is 22.6 Å². The van der Waals surface area contributed by atoms with Crippen LogP contribution in [-0.4, -0.2) is 17.1 Å². The zero-order valence-electron chi connectivity index (χ0n) is 10.1. The molecule has 17 heavy (non-hydrogen) atoms. The standard InChI is InChI=1S/C12H18IN3O/c1-17-7-9-10(13)11(14)16-12(15-9)8-5-3-2-4-6-8/h8H,2-7H2,1H3,(H2,14,15,16). The van der Waals surface area contributed by atoms with Gasteiger partial charge in [0, 0.05) is 13.0 Å². The summed E-state index contributed by atoms with van der Waals surface area (Å²) in [5.74, 6) is 1.99. The van der Waals surface area contributed by atoms with Gasteiger partial charge in [-0.1, -0.05) is 19.3 Å². The van der Waals surface area contributed by atoms with Crippen molar-refractivity contribution in [1.82, 2.24) is 9.97 Å². The van der Waals surface area contributed by atoms with Crippen molar-refractivity contribution in [3.63, 3.8) is 0 Å². The fourth-order valence-corrected chi connectivity index (χ4v) is 2.71. The first-order valence-corrected chi connectivity index (χ1v) is 7.11. The lowest BCUT2D eigenvalue weighted by atomic mass is 9.88. The SMILES string of the molecule is COCc1nc(C2CCCCC2)nc(N)c1I. The number of halogens is 1. The fraction of sp³-hybridized carbons (Fsp3) is 0.667. The van der Waals surface area contributed by atoms with Crippen molar-refractivity contribution < 1.29 is 4.74 Å². The minimum absolute atomic E-state index is 0.485. The van der Waals surface area contributed by atoms with Crippen molar-refractivity contribution in [3.8, 4) is 0 Å². The van der Waals surface area contributed by atoms with Crippen LogP contribution in [0.5, 0.6) is 0 Å². The van der Waals surface area contributed by atoms with Crippen LogP contribution in [0.2, 0.25) is 0 Å². The zero-order valence-corrected chi connectivity index (χ0v) is 12.2. The second-order valence-corrected chi connectivity index (χ2v) is 5.57. The maximum atomic E-state index is 5.94. The molecular weight excluding hydrogens is 329 g/mol. The monoisotopic (exact) mass is 347 g/mol. The predicted molar refractivity (Wildman–Crippen MR) is 75.7 cm³/mol. The first kappa shape index (κ1) is 13.0. The largest absolute Gasteiger partial charge is 0.383 e. The van der Waals surface area contributed by atoms with Gasteiger partial charge in [0.05, 0.1) is 15.9 Å². The molecule has 0 unspecified atom stereocenters. The van der Waals surface area contributed by atoms with Gasteiger partial charge in [0.2, 0.25) is 0 Å². The Bertz CT molecular complexity index is 392. The van der Waals surface area contributed by atoms with Gasteiger partial charge in [-0.15, -0.1) is 0 Å². The molecule has 2 N–H and O–H groups in total. The third-order valence-electron chi connectivity index (χ3n) is 3.21. The summed E-state index contributed by atoms with van der Waals surface area (Å²) in [5, 5.41) is 0. The molecule has 0 atom stereocenters. The third-order valence-corrected chi connectivity index (χ3v) is 4.39. The second kappa shape index (κ2) is 5.95. The molecule has 4 nitrogen and oxygen atoms in total. The summed E-state index contributed by atoms with van der Waals surface area (Å²) in [4.78, 5) is 9.07. The van der Waals surface area contributed by atoms with Crippen LogP contribution in [0.4, 0.5) is 5.82 Å². The molecule has 0 aromatic carbocycles. The van der Waals surface area contributed by atoms with E-state index in [0.717, 1.165) is 15.1 Å². The van der Waals surface area contributed by atoms with E-state index in [1.807, 2.05) is 0 Å².